The largest absolute Gasteiger partial charge is 0.452 e. The lowest BCUT2D eigenvalue weighted by Crippen LogP contribution is -2.40. The van der Waals surface area contributed by atoms with Crippen molar-refractivity contribution in [3.63, 3.8) is 0 Å². The predicted molar refractivity (Wildman–Crippen MR) is 98.3 cm³/mol. The molecule has 1 amide bonds. The molecular formula is C18H24N2O7S. The van der Waals surface area contributed by atoms with Gasteiger partial charge in [-0.2, -0.15) is 4.31 Å². The molecule has 2 aliphatic heterocycles. The van der Waals surface area contributed by atoms with Gasteiger partial charge in [-0.1, -0.05) is 0 Å². The Kier molecular flexibility index (Phi) is 7.00. The minimum atomic E-state index is -3.62. The molecule has 2 heterocycles. The van der Waals surface area contributed by atoms with Crippen LogP contribution in [0.15, 0.2) is 29.2 Å². The van der Waals surface area contributed by atoms with Gasteiger partial charge in [-0.15, -0.1) is 0 Å². The van der Waals surface area contributed by atoms with Gasteiger partial charge in [0, 0.05) is 26.2 Å². The highest BCUT2D eigenvalue weighted by atomic mass is 32.2. The first-order valence-corrected chi connectivity index (χ1v) is 10.6. The van der Waals surface area contributed by atoms with Crippen LogP contribution in [0.3, 0.4) is 0 Å². The minimum absolute atomic E-state index is 0.0145. The zero-order valence-corrected chi connectivity index (χ0v) is 16.3. The van der Waals surface area contributed by atoms with Crippen LogP contribution in [0.25, 0.3) is 0 Å². The Bertz CT molecular complexity index is 783. The zero-order valence-electron chi connectivity index (χ0n) is 15.5. The number of carbonyl (C=O) groups excluding carboxylic acids is 2. The maximum absolute atomic E-state index is 12.6. The number of nitrogens with zero attached hydrogens (tertiary/aromatic N) is 1. The zero-order chi connectivity index (χ0) is 20.0. The van der Waals surface area contributed by atoms with Crippen molar-refractivity contribution in [1.82, 2.24) is 9.62 Å². The van der Waals surface area contributed by atoms with Gasteiger partial charge in [-0.05, 0) is 37.1 Å². The molecule has 3 rings (SSSR count). The average Bonchev–Trinajstić information content (AvgIpc) is 3.25. The van der Waals surface area contributed by atoms with E-state index in [9.17, 15) is 18.0 Å². The summed E-state index contributed by atoms with van der Waals surface area (Å²) in [5.74, 6) is -1.10. The molecule has 0 radical (unpaired) electrons. The van der Waals surface area contributed by atoms with Crippen LogP contribution in [0.1, 0.15) is 23.2 Å². The topological polar surface area (TPSA) is 111 Å². The van der Waals surface area contributed by atoms with Gasteiger partial charge in [0.15, 0.2) is 6.61 Å². The molecule has 1 aromatic rings. The van der Waals surface area contributed by atoms with Crippen LogP contribution < -0.4 is 5.32 Å². The van der Waals surface area contributed by atoms with E-state index in [4.69, 9.17) is 14.2 Å². The first kappa shape index (κ1) is 20.7. The van der Waals surface area contributed by atoms with Crippen molar-refractivity contribution in [2.24, 2.45) is 0 Å². The number of sulfonamides is 1. The second-order valence-corrected chi connectivity index (χ2v) is 8.49. The highest BCUT2D eigenvalue weighted by molar-refractivity contribution is 7.89. The molecule has 0 saturated carbocycles. The number of rotatable bonds is 7. The van der Waals surface area contributed by atoms with Crippen molar-refractivity contribution < 1.29 is 32.2 Å². The first-order chi connectivity index (χ1) is 13.5. The summed E-state index contributed by atoms with van der Waals surface area (Å²) in [6, 6.07) is 5.47. The molecule has 1 aromatic carbocycles. The fourth-order valence-corrected chi connectivity index (χ4v) is 4.41. The number of carbonyl (C=O) groups is 2. The monoisotopic (exact) mass is 412 g/mol. The lowest BCUT2D eigenvalue weighted by molar-refractivity contribution is -0.124. The summed E-state index contributed by atoms with van der Waals surface area (Å²) in [5.41, 5.74) is 0.174. The lowest BCUT2D eigenvalue weighted by atomic mass is 10.2. The van der Waals surface area contributed by atoms with Crippen molar-refractivity contribution in [2.45, 2.75) is 23.8 Å². The summed E-state index contributed by atoms with van der Waals surface area (Å²) in [5, 5.41) is 2.66. The summed E-state index contributed by atoms with van der Waals surface area (Å²) < 4.78 is 42.0. The number of benzene rings is 1. The van der Waals surface area contributed by atoms with Crippen LogP contribution in [0.4, 0.5) is 0 Å². The highest BCUT2D eigenvalue weighted by Crippen LogP contribution is 2.18. The molecule has 28 heavy (non-hydrogen) atoms. The van der Waals surface area contributed by atoms with Crippen LogP contribution in [-0.2, 0) is 29.0 Å². The quantitative estimate of drug-likeness (QED) is 0.635. The van der Waals surface area contributed by atoms with Crippen molar-refractivity contribution >= 4 is 21.9 Å². The van der Waals surface area contributed by atoms with E-state index < -0.39 is 28.5 Å². The highest BCUT2D eigenvalue weighted by Gasteiger charge is 2.26. The van der Waals surface area contributed by atoms with E-state index in [-0.39, 0.29) is 16.6 Å². The van der Waals surface area contributed by atoms with Crippen LogP contribution in [0.2, 0.25) is 0 Å². The second kappa shape index (κ2) is 9.46. The fraction of sp³-hybridized carbons (Fsp3) is 0.556. The third kappa shape index (κ3) is 5.28. The maximum atomic E-state index is 12.6. The summed E-state index contributed by atoms with van der Waals surface area (Å²) in [6.07, 6.45) is 1.90. The SMILES string of the molecule is O=C(COC(=O)c1ccc(S(=O)(=O)N2CCOCC2)cc1)NCC1CCCO1. The van der Waals surface area contributed by atoms with Crippen LogP contribution in [-0.4, -0.2) is 76.8 Å². The molecule has 2 fully saturated rings. The van der Waals surface area contributed by atoms with E-state index in [0.29, 0.717) is 39.5 Å². The molecule has 2 aliphatic rings. The summed E-state index contributed by atoms with van der Waals surface area (Å²) in [7, 11) is -3.62. The smallest absolute Gasteiger partial charge is 0.338 e. The molecule has 0 bridgehead atoms. The van der Waals surface area contributed by atoms with Gasteiger partial charge in [0.2, 0.25) is 10.0 Å². The second-order valence-electron chi connectivity index (χ2n) is 6.56. The van der Waals surface area contributed by atoms with E-state index in [1.54, 1.807) is 0 Å². The molecule has 2 saturated heterocycles. The Balaban J connectivity index is 1.49. The maximum Gasteiger partial charge on any atom is 0.338 e. The van der Waals surface area contributed by atoms with Gasteiger partial charge in [0.25, 0.3) is 5.91 Å². The molecule has 0 spiro atoms. The van der Waals surface area contributed by atoms with E-state index in [0.717, 1.165) is 12.8 Å². The molecule has 9 nitrogen and oxygen atoms in total. The van der Waals surface area contributed by atoms with Gasteiger partial charge < -0.3 is 19.5 Å². The Hall–Kier alpha value is -2.01. The van der Waals surface area contributed by atoms with E-state index >= 15 is 0 Å². The van der Waals surface area contributed by atoms with E-state index in [1.165, 1.54) is 28.6 Å². The van der Waals surface area contributed by atoms with Crippen molar-refractivity contribution in [3.05, 3.63) is 29.8 Å². The van der Waals surface area contributed by atoms with E-state index in [1.807, 2.05) is 0 Å². The molecule has 0 aliphatic carbocycles. The number of nitrogens with one attached hydrogen (secondary N) is 1. The van der Waals surface area contributed by atoms with Crippen LogP contribution in [0, 0.1) is 0 Å². The normalized spacial score (nSPS) is 20.6. The molecule has 1 N–H and O–H groups in total. The Morgan fingerprint density at radius 2 is 1.86 bits per heavy atom. The van der Waals surface area contributed by atoms with Crippen molar-refractivity contribution in [1.29, 1.82) is 0 Å². The molecule has 1 atom stereocenters. The number of morpholine rings is 1. The predicted octanol–water partition coefficient (Wildman–Crippen LogP) is 0.160. The number of esters is 1. The van der Waals surface area contributed by atoms with Gasteiger partial charge >= 0.3 is 5.97 Å². The molecule has 10 heteroatoms. The Morgan fingerprint density at radius 3 is 2.50 bits per heavy atom. The third-order valence-corrected chi connectivity index (χ3v) is 6.50. The fourth-order valence-electron chi connectivity index (χ4n) is 3.00. The number of amides is 1. The van der Waals surface area contributed by atoms with Crippen LogP contribution in [0.5, 0.6) is 0 Å². The Labute approximate surface area is 164 Å². The number of ether oxygens (including phenoxy) is 3. The molecule has 0 aromatic heterocycles. The van der Waals surface area contributed by atoms with Gasteiger partial charge in [-0.25, -0.2) is 13.2 Å². The van der Waals surface area contributed by atoms with Crippen molar-refractivity contribution in [3.8, 4) is 0 Å². The first-order valence-electron chi connectivity index (χ1n) is 9.20. The van der Waals surface area contributed by atoms with Gasteiger partial charge in [-0.3, -0.25) is 4.79 Å². The summed E-state index contributed by atoms with van der Waals surface area (Å²) >= 11 is 0. The number of hydrogen-bond donors (Lipinski definition) is 1. The third-order valence-electron chi connectivity index (χ3n) is 4.58. The minimum Gasteiger partial charge on any atom is -0.452 e. The number of hydrogen-bond acceptors (Lipinski definition) is 7. The van der Waals surface area contributed by atoms with Crippen LogP contribution >= 0.6 is 0 Å². The molecule has 1 unspecified atom stereocenters. The molecular weight excluding hydrogens is 388 g/mol. The molecule has 154 valence electrons. The van der Waals surface area contributed by atoms with Gasteiger partial charge in [0.1, 0.15) is 0 Å². The average molecular weight is 412 g/mol. The summed E-state index contributed by atoms with van der Waals surface area (Å²) in [4.78, 5) is 23.9. The lowest BCUT2D eigenvalue weighted by Gasteiger charge is -2.26. The van der Waals surface area contributed by atoms with E-state index in [2.05, 4.69) is 5.32 Å². The Morgan fingerprint density at radius 1 is 1.14 bits per heavy atom. The standard InChI is InChI=1S/C18H24N2O7S/c21-17(19-12-15-2-1-9-26-15)13-27-18(22)14-3-5-16(6-4-14)28(23,24)20-7-10-25-11-8-20/h3-6,15H,1-2,7-13H2,(H,19,21). The van der Waals surface area contributed by atoms with Crippen molar-refractivity contribution in [2.75, 3.05) is 46.1 Å². The van der Waals surface area contributed by atoms with Gasteiger partial charge in [0.05, 0.1) is 29.8 Å². The summed E-state index contributed by atoms with van der Waals surface area (Å²) in [6.45, 7) is 2.01.